The van der Waals surface area contributed by atoms with Crippen LogP contribution >= 0.6 is 11.6 Å². The Bertz CT molecular complexity index is 571. The molecule has 0 spiro atoms. The lowest BCUT2D eigenvalue weighted by atomic mass is 9.96. The highest BCUT2D eigenvalue weighted by molar-refractivity contribution is 6.29. The van der Waals surface area contributed by atoms with E-state index in [1.54, 1.807) is 10.7 Å². The minimum Gasteiger partial charge on any atom is -0.364 e. The first kappa shape index (κ1) is 13.8. The zero-order chi connectivity index (χ0) is 14.0. The topological polar surface area (TPSA) is 55.6 Å². The van der Waals surface area contributed by atoms with Crippen LogP contribution in [0.25, 0.3) is 0 Å². The Morgan fingerprint density at radius 1 is 1.32 bits per heavy atom. The summed E-state index contributed by atoms with van der Waals surface area (Å²) >= 11 is 6.03. The fourth-order valence-corrected chi connectivity index (χ4v) is 1.77. The molecule has 6 heteroatoms. The summed E-state index contributed by atoms with van der Waals surface area (Å²) in [6.07, 6.45) is 1.91. The van der Waals surface area contributed by atoms with Crippen molar-refractivity contribution in [1.82, 2.24) is 19.7 Å². The van der Waals surface area contributed by atoms with Crippen LogP contribution in [-0.2, 0) is 19.0 Å². The molecule has 0 atom stereocenters. The van der Waals surface area contributed by atoms with Gasteiger partial charge in [-0.25, -0.2) is 9.97 Å². The second-order valence-corrected chi connectivity index (χ2v) is 5.87. The molecule has 0 aliphatic carbocycles. The summed E-state index contributed by atoms with van der Waals surface area (Å²) in [5.74, 6) is 1.44. The van der Waals surface area contributed by atoms with Gasteiger partial charge >= 0.3 is 0 Å². The van der Waals surface area contributed by atoms with Crippen LogP contribution in [0.2, 0.25) is 5.15 Å². The monoisotopic (exact) mass is 279 g/mol. The maximum absolute atomic E-state index is 6.03. The molecule has 0 aliphatic rings. The summed E-state index contributed by atoms with van der Waals surface area (Å²) in [5, 5.41) is 7.96. The van der Waals surface area contributed by atoms with Crippen molar-refractivity contribution in [3.8, 4) is 0 Å². The Morgan fingerprint density at radius 2 is 2.05 bits per heavy atom. The number of hydrogen-bond acceptors (Lipinski definition) is 4. The molecule has 2 aromatic heterocycles. The third kappa shape index (κ3) is 3.67. The minimum absolute atomic E-state index is 0.133. The zero-order valence-corrected chi connectivity index (χ0v) is 12.4. The molecule has 1 N–H and O–H groups in total. The molecule has 5 nitrogen and oxygen atoms in total. The summed E-state index contributed by atoms with van der Waals surface area (Å²) in [5.41, 5.74) is 0.821. The van der Waals surface area contributed by atoms with Crippen molar-refractivity contribution in [2.24, 2.45) is 7.05 Å². The number of aromatic nitrogens is 4. The number of rotatable bonds is 3. The van der Waals surface area contributed by atoms with E-state index < -0.39 is 0 Å². The highest BCUT2D eigenvalue weighted by Crippen LogP contribution is 2.22. The van der Waals surface area contributed by atoms with E-state index in [2.05, 4.69) is 41.2 Å². The van der Waals surface area contributed by atoms with Crippen LogP contribution in [-0.4, -0.2) is 19.7 Å². The van der Waals surface area contributed by atoms with Gasteiger partial charge in [0.05, 0.1) is 12.2 Å². The molecule has 0 fully saturated rings. The Hall–Kier alpha value is -1.62. The third-order valence-corrected chi connectivity index (χ3v) is 2.78. The van der Waals surface area contributed by atoms with Crippen LogP contribution in [0.15, 0.2) is 18.3 Å². The van der Waals surface area contributed by atoms with E-state index in [0.29, 0.717) is 11.7 Å². The van der Waals surface area contributed by atoms with Crippen molar-refractivity contribution in [3.05, 3.63) is 35.0 Å². The molecule has 2 rings (SSSR count). The fourth-order valence-electron chi connectivity index (χ4n) is 1.58. The molecule has 2 heterocycles. The quantitative estimate of drug-likeness (QED) is 0.878. The smallest absolute Gasteiger partial charge is 0.137 e. The van der Waals surface area contributed by atoms with Crippen LogP contribution in [0.1, 0.15) is 32.3 Å². The molecule has 0 aromatic carbocycles. The molecule has 0 amide bonds. The van der Waals surface area contributed by atoms with E-state index >= 15 is 0 Å². The lowest BCUT2D eigenvalue weighted by molar-refractivity contribution is 0.546. The number of aryl methyl sites for hydroxylation is 1. The van der Waals surface area contributed by atoms with Crippen molar-refractivity contribution >= 4 is 17.4 Å². The Balaban J connectivity index is 2.14. The van der Waals surface area contributed by atoms with E-state index in [0.717, 1.165) is 17.3 Å². The van der Waals surface area contributed by atoms with Gasteiger partial charge in [0.25, 0.3) is 0 Å². The second kappa shape index (κ2) is 5.17. The average Bonchev–Trinajstić information content (AvgIpc) is 2.71. The molecule has 102 valence electrons. The van der Waals surface area contributed by atoms with Gasteiger partial charge in [-0.1, -0.05) is 32.4 Å². The predicted octanol–water partition coefficient (Wildman–Crippen LogP) is 2.77. The van der Waals surface area contributed by atoms with Crippen LogP contribution in [0.5, 0.6) is 0 Å². The lowest BCUT2D eigenvalue weighted by Crippen LogP contribution is -2.17. The van der Waals surface area contributed by atoms with Crippen LogP contribution in [0, 0.1) is 0 Å². The van der Waals surface area contributed by atoms with Gasteiger partial charge in [0.1, 0.15) is 16.8 Å². The number of anilines is 1. The molecular formula is C13H18ClN5. The Labute approximate surface area is 118 Å². The molecule has 19 heavy (non-hydrogen) atoms. The van der Waals surface area contributed by atoms with Crippen LogP contribution in [0.3, 0.4) is 0 Å². The first-order chi connectivity index (χ1) is 8.84. The lowest BCUT2D eigenvalue weighted by Gasteiger charge is -2.17. The third-order valence-electron chi connectivity index (χ3n) is 2.59. The Morgan fingerprint density at radius 3 is 2.63 bits per heavy atom. The first-order valence-corrected chi connectivity index (χ1v) is 6.50. The number of halogens is 1. The van der Waals surface area contributed by atoms with Crippen molar-refractivity contribution in [2.45, 2.75) is 32.7 Å². The van der Waals surface area contributed by atoms with Gasteiger partial charge in [0, 0.05) is 24.7 Å². The standard InChI is InChI=1S/C13H18ClN5/c1-13(2,3)12-16-10(14)7-11(17-12)15-8-9-5-6-19(4)18-9/h5-7H,8H2,1-4H3,(H,15,16,17). The highest BCUT2D eigenvalue weighted by Gasteiger charge is 2.18. The normalized spacial score (nSPS) is 11.6. The summed E-state index contributed by atoms with van der Waals surface area (Å²) in [7, 11) is 1.89. The van der Waals surface area contributed by atoms with Gasteiger partial charge in [-0.15, -0.1) is 0 Å². The van der Waals surface area contributed by atoms with Crippen LogP contribution in [0.4, 0.5) is 5.82 Å². The number of nitrogens with one attached hydrogen (secondary N) is 1. The summed E-state index contributed by atoms with van der Waals surface area (Å²) in [4.78, 5) is 8.74. The molecule has 0 saturated carbocycles. The highest BCUT2D eigenvalue weighted by atomic mass is 35.5. The summed E-state index contributed by atoms with van der Waals surface area (Å²) in [6.45, 7) is 6.78. The summed E-state index contributed by atoms with van der Waals surface area (Å²) < 4.78 is 1.77. The van der Waals surface area contributed by atoms with Crippen LogP contribution < -0.4 is 5.32 Å². The molecule has 2 aromatic rings. The second-order valence-electron chi connectivity index (χ2n) is 5.48. The maximum atomic E-state index is 6.03. The summed E-state index contributed by atoms with van der Waals surface area (Å²) in [6, 6.07) is 3.68. The first-order valence-electron chi connectivity index (χ1n) is 6.12. The van der Waals surface area contributed by atoms with Crippen molar-refractivity contribution in [3.63, 3.8) is 0 Å². The van der Waals surface area contributed by atoms with Gasteiger partial charge in [-0.3, -0.25) is 4.68 Å². The minimum atomic E-state index is -0.133. The SMILES string of the molecule is Cn1ccc(CNc2cc(Cl)nc(C(C)(C)C)n2)n1. The molecule has 0 bridgehead atoms. The van der Waals surface area contributed by atoms with E-state index in [4.69, 9.17) is 11.6 Å². The largest absolute Gasteiger partial charge is 0.364 e. The fraction of sp³-hybridized carbons (Fsp3) is 0.462. The zero-order valence-electron chi connectivity index (χ0n) is 11.6. The van der Waals surface area contributed by atoms with Gasteiger partial charge < -0.3 is 5.32 Å². The Kier molecular flexibility index (Phi) is 3.75. The number of nitrogens with zero attached hydrogens (tertiary/aromatic N) is 4. The van der Waals surface area contributed by atoms with E-state index in [9.17, 15) is 0 Å². The molecule has 0 radical (unpaired) electrons. The van der Waals surface area contributed by atoms with Crippen molar-refractivity contribution in [1.29, 1.82) is 0 Å². The van der Waals surface area contributed by atoms with Crippen molar-refractivity contribution in [2.75, 3.05) is 5.32 Å². The van der Waals surface area contributed by atoms with E-state index in [-0.39, 0.29) is 5.41 Å². The molecule has 0 aliphatic heterocycles. The predicted molar refractivity (Wildman–Crippen MR) is 76.3 cm³/mol. The van der Waals surface area contributed by atoms with Gasteiger partial charge in [0.15, 0.2) is 0 Å². The van der Waals surface area contributed by atoms with E-state index in [1.807, 2.05) is 19.3 Å². The van der Waals surface area contributed by atoms with E-state index in [1.165, 1.54) is 0 Å². The van der Waals surface area contributed by atoms with Gasteiger partial charge in [-0.05, 0) is 6.07 Å². The maximum Gasteiger partial charge on any atom is 0.137 e. The van der Waals surface area contributed by atoms with Gasteiger partial charge in [-0.2, -0.15) is 5.10 Å². The van der Waals surface area contributed by atoms with Gasteiger partial charge in [0.2, 0.25) is 0 Å². The molecular weight excluding hydrogens is 262 g/mol. The molecule has 0 saturated heterocycles. The number of hydrogen-bond donors (Lipinski definition) is 1. The van der Waals surface area contributed by atoms with Crippen molar-refractivity contribution < 1.29 is 0 Å². The average molecular weight is 280 g/mol. The molecule has 0 unspecified atom stereocenters.